The molecule has 2 atom stereocenters. The van der Waals surface area contributed by atoms with Crippen LogP contribution in [-0.4, -0.2) is 23.3 Å². The van der Waals surface area contributed by atoms with E-state index in [4.69, 9.17) is 0 Å². The number of pyridine rings is 1. The summed E-state index contributed by atoms with van der Waals surface area (Å²) in [7, 11) is 0. The Balaban J connectivity index is 1.78. The molecule has 0 spiro atoms. The minimum absolute atomic E-state index is 0.122. The van der Waals surface area contributed by atoms with Crippen LogP contribution in [0.1, 0.15) is 44.0 Å². The molecule has 2 aromatic rings. The van der Waals surface area contributed by atoms with Crippen molar-refractivity contribution in [1.29, 1.82) is 0 Å². The minimum Gasteiger partial charge on any atom is -0.339 e. The molecule has 0 aliphatic carbocycles. The van der Waals surface area contributed by atoms with Crippen molar-refractivity contribution in [1.82, 2.24) is 10.3 Å². The number of amides is 2. The van der Waals surface area contributed by atoms with Crippen LogP contribution in [0.15, 0.2) is 48.7 Å². The molecular weight excluding hydrogens is 314 g/mol. The first-order valence-electron chi connectivity index (χ1n) is 8.61. The SMILES string of the molecule is CC(C)[C@H](NC(=O)C(=O)N1C[C@H](C)c2ccccc21)c1ccccn1. The van der Waals surface area contributed by atoms with Crippen molar-refractivity contribution in [3.05, 3.63) is 59.9 Å². The van der Waals surface area contributed by atoms with Crippen molar-refractivity contribution < 1.29 is 9.59 Å². The van der Waals surface area contributed by atoms with Crippen molar-refractivity contribution in [2.24, 2.45) is 5.92 Å². The highest BCUT2D eigenvalue weighted by atomic mass is 16.2. The quantitative estimate of drug-likeness (QED) is 0.876. The van der Waals surface area contributed by atoms with Gasteiger partial charge in [0.05, 0.1) is 11.7 Å². The molecule has 0 unspecified atom stereocenters. The fourth-order valence-electron chi connectivity index (χ4n) is 3.28. The van der Waals surface area contributed by atoms with Crippen molar-refractivity contribution >= 4 is 17.5 Å². The van der Waals surface area contributed by atoms with Crippen molar-refractivity contribution in [3.8, 4) is 0 Å². The van der Waals surface area contributed by atoms with Gasteiger partial charge in [0.1, 0.15) is 0 Å². The Kier molecular flexibility index (Phi) is 4.83. The largest absolute Gasteiger partial charge is 0.339 e. The van der Waals surface area contributed by atoms with Gasteiger partial charge in [-0.05, 0) is 29.7 Å². The molecular formula is C20H23N3O2. The number of carbonyl (C=O) groups is 2. The van der Waals surface area contributed by atoms with Crippen molar-refractivity contribution in [2.75, 3.05) is 11.4 Å². The molecule has 2 heterocycles. The van der Waals surface area contributed by atoms with Gasteiger partial charge in [0, 0.05) is 24.3 Å². The van der Waals surface area contributed by atoms with Crippen LogP contribution in [0.4, 0.5) is 5.69 Å². The maximum absolute atomic E-state index is 12.7. The maximum atomic E-state index is 12.7. The van der Waals surface area contributed by atoms with Gasteiger partial charge >= 0.3 is 11.8 Å². The number of carbonyl (C=O) groups excluding carboxylic acids is 2. The molecule has 3 rings (SSSR count). The molecule has 2 amide bonds. The van der Waals surface area contributed by atoms with Gasteiger partial charge in [-0.3, -0.25) is 14.6 Å². The van der Waals surface area contributed by atoms with E-state index in [0.29, 0.717) is 6.54 Å². The number of anilines is 1. The van der Waals surface area contributed by atoms with Gasteiger partial charge in [-0.15, -0.1) is 0 Å². The van der Waals surface area contributed by atoms with Crippen LogP contribution in [0, 0.1) is 5.92 Å². The molecule has 130 valence electrons. The third kappa shape index (κ3) is 3.40. The Morgan fingerprint density at radius 3 is 2.56 bits per heavy atom. The van der Waals surface area contributed by atoms with Crippen LogP contribution < -0.4 is 10.2 Å². The fraction of sp³-hybridized carbons (Fsp3) is 0.350. The number of fused-ring (bicyclic) bond motifs is 1. The third-order valence-corrected chi connectivity index (χ3v) is 4.61. The zero-order valence-electron chi connectivity index (χ0n) is 14.8. The minimum atomic E-state index is -0.590. The van der Waals surface area contributed by atoms with E-state index in [9.17, 15) is 9.59 Å². The molecule has 0 radical (unpaired) electrons. The summed E-state index contributed by atoms with van der Waals surface area (Å²) in [6.45, 7) is 6.59. The van der Waals surface area contributed by atoms with Gasteiger partial charge in [-0.2, -0.15) is 0 Å². The standard InChI is InChI=1S/C20H23N3O2/c1-13(2)18(16-9-6-7-11-21-16)22-19(24)20(25)23-12-14(3)15-8-4-5-10-17(15)23/h4-11,13-14,18H,12H2,1-3H3,(H,22,24)/t14-,18-/m0/s1. The summed E-state index contributed by atoms with van der Waals surface area (Å²) in [6.07, 6.45) is 1.69. The average Bonchev–Trinajstić information content (AvgIpc) is 2.96. The Bertz CT molecular complexity index is 774. The monoisotopic (exact) mass is 337 g/mol. The van der Waals surface area contributed by atoms with E-state index in [1.165, 1.54) is 0 Å². The number of para-hydroxylation sites is 1. The second kappa shape index (κ2) is 7.05. The summed E-state index contributed by atoms with van der Waals surface area (Å²) in [5.74, 6) is -0.757. The second-order valence-electron chi connectivity index (χ2n) is 6.83. The zero-order chi connectivity index (χ0) is 18.0. The number of benzene rings is 1. The van der Waals surface area contributed by atoms with Gasteiger partial charge in [0.25, 0.3) is 0 Å². The lowest BCUT2D eigenvalue weighted by Gasteiger charge is -2.23. The Morgan fingerprint density at radius 1 is 1.16 bits per heavy atom. The smallest absolute Gasteiger partial charge is 0.316 e. The molecule has 25 heavy (non-hydrogen) atoms. The summed E-state index contributed by atoms with van der Waals surface area (Å²) in [5.41, 5.74) is 2.69. The summed E-state index contributed by atoms with van der Waals surface area (Å²) in [5, 5.41) is 2.86. The van der Waals surface area contributed by atoms with E-state index in [1.807, 2.05) is 56.3 Å². The first kappa shape index (κ1) is 17.1. The topological polar surface area (TPSA) is 62.3 Å². The van der Waals surface area contributed by atoms with Crippen LogP contribution >= 0.6 is 0 Å². The first-order chi connectivity index (χ1) is 12.0. The van der Waals surface area contributed by atoms with Gasteiger partial charge < -0.3 is 10.2 Å². The fourth-order valence-corrected chi connectivity index (χ4v) is 3.28. The average molecular weight is 337 g/mol. The molecule has 1 aliphatic heterocycles. The molecule has 5 nitrogen and oxygen atoms in total. The summed E-state index contributed by atoms with van der Waals surface area (Å²) < 4.78 is 0. The molecule has 0 fully saturated rings. The highest BCUT2D eigenvalue weighted by Crippen LogP contribution is 2.35. The second-order valence-corrected chi connectivity index (χ2v) is 6.83. The Labute approximate surface area is 148 Å². The van der Waals surface area contributed by atoms with Crippen molar-refractivity contribution in [3.63, 3.8) is 0 Å². The summed E-state index contributed by atoms with van der Waals surface area (Å²) in [4.78, 5) is 31.2. The van der Waals surface area contributed by atoms with E-state index in [0.717, 1.165) is 16.9 Å². The van der Waals surface area contributed by atoms with E-state index in [2.05, 4.69) is 17.2 Å². The number of aromatic nitrogens is 1. The van der Waals surface area contributed by atoms with Crippen LogP contribution in [-0.2, 0) is 9.59 Å². The Morgan fingerprint density at radius 2 is 1.88 bits per heavy atom. The lowest BCUT2D eigenvalue weighted by Crippen LogP contribution is -2.45. The number of hydrogen-bond acceptors (Lipinski definition) is 3. The molecule has 1 N–H and O–H groups in total. The summed E-state index contributed by atoms with van der Waals surface area (Å²) in [6, 6.07) is 13.0. The van der Waals surface area contributed by atoms with E-state index in [-0.39, 0.29) is 17.9 Å². The lowest BCUT2D eigenvalue weighted by atomic mass is 10.0. The molecule has 0 saturated carbocycles. The number of nitrogens with zero attached hydrogens (tertiary/aromatic N) is 2. The highest BCUT2D eigenvalue weighted by Gasteiger charge is 2.34. The van der Waals surface area contributed by atoms with Crippen molar-refractivity contribution in [2.45, 2.75) is 32.7 Å². The predicted octanol–water partition coefficient (Wildman–Crippen LogP) is 3.05. The number of hydrogen-bond donors (Lipinski definition) is 1. The van der Waals surface area contributed by atoms with Crippen LogP contribution in [0.5, 0.6) is 0 Å². The number of rotatable bonds is 3. The highest BCUT2D eigenvalue weighted by molar-refractivity contribution is 6.40. The third-order valence-electron chi connectivity index (χ3n) is 4.61. The summed E-state index contributed by atoms with van der Waals surface area (Å²) >= 11 is 0. The van der Waals surface area contributed by atoms with E-state index in [1.54, 1.807) is 11.1 Å². The Hall–Kier alpha value is -2.69. The van der Waals surface area contributed by atoms with Gasteiger partial charge in [-0.1, -0.05) is 45.0 Å². The molecule has 1 aromatic heterocycles. The van der Waals surface area contributed by atoms with Gasteiger partial charge in [0.2, 0.25) is 0 Å². The van der Waals surface area contributed by atoms with Crippen LogP contribution in [0.3, 0.4) is 0 Å². The zero-order valence-corrected chi connectivity index (χ0v) is 14.8. The van der Waals surface area contributed by atoms with Crippen LogP contribution in [0.2, 0.25) is 0 Å². The molecule has 0 saturated heterocycles. The lowest BCUT2D eigenvalue weighted by molar-refractivity contribution is -0.138. The van der Waals surface area contributed by atoms with Gasteiger partial charge in [0.15, 0.2) is 0 Å². The molecule has 1 aliphatic rings. The van der Waals surface area contributed by atoms with E-state index < -0.39 is 11.8 Å². The molecule has 0 bridgehead atoms. The molecule has 1 aromatic carbocycles. The predicted molar refractivity (Wildman–Crippen MR) is 97.2 cm³/mol. The van der Waals surface area contributed by atoms with E-state index >= 15 is 0 Å². The maximum Gasteiger partial charge on any atom is 0.316 e. The van der Waals surface area contributed by atoms with Crippen LogP contribution in [0.25, 0.3) is 0 Å². The number of nitrogens with one attached hydrogen (secondary N) is 1. The van der Waals surface area contributed by atoms with Gasteiger partial charge in [-0.25, -0.2) is 0 Å². The first-order valence-corrected chi connectivity index (χ1v) is 8.61. The molecule has 5 heteroatoms. The normalized spacial score (nSPS) is 17.3.